The summed E-state index contributed by atoms with van der Waals surface area (Å²) in [6, 6.07) is 9.50. The maximum Gasteiger partial charge on any atom is 0.261 e. The number of fused-ring (bicyclic) bond motifs is 1. The lowest BCUT2D eigenvalue weighted by atomic mass is 10.2. The van der Waals surface area contributed by atoms with Gasteiger partial charge in [0.1, 0.15) is 0 Å². The lowest BCUT2D eigenvalue weighted by Crippen LogP contribution is -2.34. The van der Waals surface area contributed by atoms with Gasteiger partial charge in [-0.1, -0.05) is 0 Å². The predicted octanol–water partition coefficient (Wildman–Crippen LogP) is 2.18. The van der Waals surface area contributed by atoms with Gasteiger partial charge in [0.25, 0.3) is 15.8 Å². The van der Waals surface area contributed by atoms with Crippen molar-refractivity contribution in [2.24, 2.45) is 5.14 Å². The van der Waals surface area contributed by atoms with Crippen LogP contribution >= 0.6 is 0 Å². The van der Waals surface area contributed by atoms with Gasteiger partial charge in [-0.3, -0.25) is 4.72 Å². The summed E-state index contributed by atoms with van der Waals surface area (Å²) >= 11 is 0. The Labute approximate surface area is 157 Å². The zero-order valence-corrected chi connectivity index (χ0v) is 15.8. The molecule has 3 N–H and O–H groups in total. The number of ether oxygens (including phenoxy) is 2. The number of anilines is 1. The molecule has 0 amide bonds. The average Bonchev–Trinajstić information content (AvgIpc) is 3.19. The maximum absolute atomic E-state index is 12.5. The van der Waals surface area contributed by atoms with E-state index in [2.05, 4.69) is 4.72 Å². The lowest BCUT2D eigenvalue weighted by Gasteiger charge is -2.21. The number of sulfonamides is 2. The van der Waals surface area contributed by atoms with Crippen molar-refractivity contribution in [1.29, 1.82) is 0 Å². The zero-order chi connectivity index (χ0) is 19.3. The van der Waals surface area contributed by atoms with Crippen molar-refractivity contribution in [1.82, 2.24) is 0 Å². The van der Waals surface area contributed by atoms with Gasteiger partial charge in [-0.05, 0) is 49.2 Å². The van der Waals surface area contributed by atoms with Gasteiger partial charge in [0.2, 0.25) is 10.0 Å². The number of hydrogen-bond acceptors (Lipinski definition) is 6. The van der Waals surface area contributed by atoms with E-state index in [0.29, 0.717) is 17.2 Å². The molecule has 27 heavy (non-hydrogen) atoms. The van der Waals surface area contributed by atoms with Crippen molar-refractivity contribution in [3.63, 3.8) is 0 Å². The van der Waals surface area contributed by atoms with Crippen LogP contribution in [0.3, 0.4) is 0 Å². The van der Waals surface area contributed by atoms with E-state index in [0.717, 1.165) is 37.8 Å². The first kappa shape index (κ1) is 18.1. The predicted molar refractivity (Wildman–Crippen MR) is 97.5 cm³/mol. The van der Waals surface area contributed by atoms with Crippen molar-refractivity contribution >= 4 is 25.7 Å². The highest BCUT2D eigenvalue weighted by molar-refractivity contribution is 7.92. The second kappa shape index (κ2) is 6.11. The highest BCUT2D eigenvalue weighted by Gasteiger charge is 2.44. The van der Waals surface area contributed by atoms with E-state index in [-0.39, 0.29) is 9.79 Å². The van der Waals surface area contributed by atoms with Crippen LogP contribution in [-0.2, 0) is 20.0 Å². The first-order valence-electron chi connectivity index (χ1n) is 8.35. The summed E-state index contributed by atoms with van der Waals surface area (Å²) in [5.41, 5.74) is 0.322. The van der Waals surface area contributed by atoms with Gasteiger partial charge in [0, 0.05) is 18.9 Å². The van der Waals surface area contributed by atoms with E-state index < -0.39 is 25.8 Å². The molecule has 1 heterocycles. The van der Waals surface area contributed by atoms with Gasteiger partial charge in [0.05, 0.1) is 15.5 Å². The maximum atomic E-state index is 12.5. The molecule has 0 aromatic heterocycles. The van der Waals surface area contributed by atoms with Gasteiger partial charge < -0.3 is 9.47 Å². The minimum Gasteiger partial charge on any atom is -0.448 e. The molecule has 1 aliphatic heterocycles. The van der Waals surface area contributed by atoms with Gasteiger partial charge in [-0.15, -0.1) is 0 Å². The highest BCUT2D eigenvalue weighted by Crippen LogP contribution is 2.47. The molecular formula is C17H18N2O6S2. The molecule has 0 bridgehead atoms. The number of nitrogens with one attached hydrogen (secondary N) is 1. The largest absolute Gasteiger partial charge is 0.448 e. The van der Waals surface area contributed by atoms with Crippen LogP contribution in [0.4, 0.5) is 5.69 Å². The normalized spacial score (nSPS) is 18.0. The van der Waals surface area contributed by atoms with Gasteiger partial charge in [0.15, 0.2) is 11.5 Å². The number of rotatable bonds is 4. The minimum absolute atomic E-state index is 0.0835. The number of hydrogen-bond donors (Lipinski definition) is 2. The monoisotopic (exact) mass is 410 g/mol. The topological polar surface area (TPSA) is 125 Å². The molecule has 0 radical (unpaired) electrons. The Morgan fingerprint density at radius 1 is 0.852 bits per heavy atom. The zero-order valence-electron chi connectivity index (χ0n) is 14.2. The van der Waals surface area contributed by atoms with Crippen LogP contribution in [0.5, 0.6) is 11.5 Å². The lowest BCUT2D eigenvalue weighted by molar-refractivity contribution is -0.0716. The fourth-order valence-electron chi connectivity index (χ4n) is 3.30. The molecule has 1 saturated carbocycles. The standard InChI is InChI=1S/C17H18N2O6S2/c18-26(20,21)13-4-6-14(7-5-13)27(22,23)19-12-3-8-15-16(11-12)25-17(24-15)9-1-2-10-17/h3-8,11,19H,1-2,9-10H2,(H2,18,20,21). The quantitative estimate of drug-likeness (QED) is 0.796. The molecular weight excluding hydrogens is 392 g/mol. The molecule has 2 aliphatic rings. The molecule has 2 aromatic rings. The van der Waals surface area contributed by atoms with E-state index in [1.165, 1.54) is 12.1 Å². The third kappa shape index (κ3) is 3.47. The SMILES string of the molecule is NS(=O)(=O)c1ccc(S(=O)(=O)Nc2ccc3c(c2)OC2(CCCC2)O3)cc1. The highest BCUT2D eigenvalue weighted by atomic mass is 32.2. The smallest absolute Gasteiger partial charge is 0.261 e. The van der Waals surface area contributed by atoms with Crippen molar-refractivity contribution < 1.29 is 26.3 Å². The van der Waals surface area contributed by atoms with Gasteiger partial charge in [-0.25, -0.2) is 22.0 Å². The van der Waals surface area contributed by atoms with Crippen LogP contribution in [-0.4, -0.2) is 22.6 Å². The van der Waals surface area contributed by atoms with E-state index in [1.54, 1.807) is 18.2 Å². The van der Waals surface area contributed by atoms with Crippen LogP contribution in [0.2, 0.25) is 0 Å². The minimum atomic E-state index is -3.90. The van der Waals surface area contributed by atoms with Crippen molar-refractivity contribution in [2.75, 3.05) is 4.72 Å². The molecule has 4 rings (SSSR count). The summed E-state index contributed by atoms with van der Waals surface area (Å²) in [5.74, 6) is 0.475. The Bertz CT molecular complexity index is 1090. The van der Waals surface area contributed by atoms with Crippen LogP contribution in [0.25, 0.3) is 0 Å². The molecule has 0 atom stereocenters. The van der Waals surface area contributed by atoms with Gasteiger partial charge in [-0.2, -0.15) is 0 Å². The first-order valence-corrected chi connectivity index (χ1v) is 11.4. The first-order chi connectivity index (χ1) is 12.7. The van der Waals surface area contributed by atoms with Crippen LogP contribution in [0.1, 0.15) is 25.7 Å². The summed E-state index contributed by atoms with van der Waals surface area (Å²) in [5, 5.41) is 5.02. The van der Waals surface area contributed by atoms with Crippen LogP contribution in [0, 0.1) is 0 Å². The Morgan fingerprint density at radius 3 is 2.07 bits per heavy atom. The Hall–Kier alpha value is -2.30. The Kier molecular flexibility index (Phi) is 4.09. The molecule has 2 aromatic carbocycles. The molecule has 10 heteroatoms. The summed E-state index contributed by atoms with van der Waals surface area (Å²) in [4.78, 5) is -0.244. The summed E-state index contributed by atoms with van der Waals surface area (Å²) in [6.07, 6.45) is 3.67. The molecule has 0 unspecified atom stereocenters. The Morgan fingerprint density at radius 2 is 1.44 bits per heavy atom. The fraction of sp³-hybridized carbons (Fsp3) is 0.294. The van der Waals surface area contributed by atoms with E-state index in [9.17, 15) is 16.8 Å². The Balaban J connectivity index is 1.56. The fourth-order valence-corrected chi connectivity index (χ4v) is 4.86. The van der Waals surface area contributed by atoms with Crippen LogP contribution in [0.15, 0.2) is 52.3 Å². The average molecular weight is 410 g/mol. The molecule has 8 nitrogen and oxygen atoms in total. The summed E-state index contributed by atoms with van der Waals surface area (Å²) in [7, 11) is -7.79. The van der Waals surface area contributed by atoms with Crippen molar-refractivity contribution in [3.8, 4) is 11.5 Å². The summed E-state index contributed by atoms with van der Waals surface area (Å²) < 4.78 is 62.0. The number of benzene rings is 2. The molecule has 144 valence electrons. The van der Waals surface area contributed by atoms with Crippen molar-refractivity contribution in [3.05, 3.63) is 42.5 Å². The number of primary sulfonamides is 1. The van der Waals surface area contributed by atoms with E-state index in [1.807, 2.05) is 0 Å². The molecule has 1 spiro atoms. The van der Waals surface area contributed by atoms with E-state index >= 15 is 0 Å². The van der Waals surface area contributed by atoms with Gasteiger partial charge >= 0.3 is 0 Å². The molecule has 1 aliphatic carbocycles. The number of nitrogens with two attached hydrogens (primary N) is 1. The molecule has 0 saturated heterocycles. The summed E-state index contributed by atoms with van der Waals surface area (Å²) in [6.45, 7) is 0. The third-order valence-corrected chi connectivity index (χ3v) is 6.94. The van der Waals surface area contributed by atoms with E-state index in [4.69, 9.17) is 14.6 Å². The van der Waals surface area contributed by atoms with Crippen molar-refractivity contribution in [2.45, 2.75) is 41.3 Å². The second-order valence-electron chi connectivity index (χ2n) is 6.61. The second-order valence-corrected chi connectivity index (χ2v) is 9.85. The van der Waals surface area contributed by atoms with Crippen LogP contribution < -0.4 is 19.3 Å². The third-order valence-electron chi connectivity index (χ3n) is 4.62. The molecule has 1 fully saturated rings.